The minimum atomic E-state index is -0.404. The molecule has 0 amide bonds. The van der Waals surface area contributed by atoms with E-state index in [-0.39, 0.29) is 0 Å². The van der Waals surface area contributed by atoms with Crippen LogP contribution in [0.15, 0.2) is 20.3 Å². The minimum absolute atomic E-state index is 0.356. The average Bonchev–Trinajstić information content (AvgIpc) is 2.38. The van der Waals surface area contributed by atoms with E-state index < -0.39 is 11.2 Å². The van der Waals surface area contributed by atoms with Gasteiger partial charge in [0.15, 0.2) is 0 Å². The quantitative estimate of drug-likeness (QED) is 0.652. The maximum absolute atomic E-state index is 11.5. The van der Waals surface area contributed by atoms with Crippen LogP contribution in [0, 0.1) is 0 Å². The van der Waals surface area contributed by atoms with Crippen LogP contribution in [0.25, 0.3) is 0 Å². The fourth-order valence-corrected chi connectivity index (χ4v) is 1.81. The molecule has 0 bridgehead atoms. The van der Waals surface area contributed by atoms with Gasteiger partial charge in [-0.05, 0) is 22.4 Å². The number of hydrogen-bond acceptors (Lipinski definition) is 4. The first-order valence-corrected chi connectivity index (χ1v) is 7.22. The summed E-state index contributed by atoms with van der Waals surface area (Å²) in [6, 6.07) is 0. The van der Waals surface area contributed by atoms with E-state index >= 15 is 0 Å². The number of nitrogens with one attached hydrogen (secondary N) is 2. The van der Waals surface area contributed by atoms with Crippen molar-refractivity contribution in [3.63, 3.8) is 0 Å². The van der Waals surface area contributed by atoms with Crippen LogP contribution in [0.2, 0.25) is 0 Å². The third kappa shape index (κ3) is 6.17. The van der Waals surface area contributed by atoms with Gasteiger partial charge in [0.25, 0.3) is 5.56 Å². The lowest BCUT2D eigenvalue weighted by Crippen LogP contribution is -2.33. The predicted octanol–water partition coefficient (Wildman–Crippen LogP) is 0.705. The van der Waals surface area contributed by atoms with Crippen molar-refractivity contribution in [1.29, 1.82) is 0 Å². The first-order valence-electron chi connectivity index (χ1n) is 6.43. The zero-order valence-corrected chi connectivity index (χ0v) is 12.7. The third-order valence-corrected chi connectivity index (χ3v) is 3.13. The van der Waals surface area contributed by atoms with Gasteiger partial charge in [-0.2, -0.15) is 0 Å². The van der Waals surface area contributed by atoms with E-state index in [1.54, 1.807) is 0 Å². The molecule has 0 unspecified atom stereocenters. The minimum Gasteiger partial charge on any atom is -0.380 e. The molecule has 0 spiro atoms. The van der Waals surface area contributed by atoms with Gasteiger partial charge in [-0.1, -0.05) is 13.3 Å². The Kier molecular flexibility index (Phi) is 7.69. The number of halogens is 1. The fraction of sp³-hybridized carbons (Fsp3) is 0.667. The molecular weight excluding hydrogens is 314 g/mol. The van der Waals surface area contributed by atoms with Crippen LogP contribution >= 0.6 is 15.9 Å². The van der Waals surface area contributed by atoms with Gasteiger partial charge in [0.1, 0.15) is 0 Å². The molecule has 2 N–H and O–H groups in total. The van der Waals surface area contributed by atoms with E-state index in [1.807, 2.05) is 0 Å². The van der Waals surface area contributed by atoms with Crippen LogP contribution in [-0.4, -0.2) is 35.9 Å². The van der Waals surface area contributed by atoms with Gasteiger partial charge in [0.2, 0.25) is 0 Å². The number of aromatic nitrogens is 2. The zero-order chi connectivity index (χ0) is 14.1. The summed E-state index contributed by atoms with van der Waals surface area (Å²) in [5, 5.41) is 3.18. The van der Waals surface area contributed by atoms with Crippen molar-refractivity contribution in [1.82, 2.24) is 14.9 Å². The lowest BCUT2D eigenvalue weighted by molar-refractivity contribution is 0.133. The summed E-state index contributed by atoms with van der Waals surface area (Å²) in [4.78, 5) is 24.8. The largest absolute Gasteiger partial charge is 0.380 e. The van der Waals surface area contributed by atoms with Crippen LogP contribution in [-0.2, 0) is 11.3 Å². The number of rotatable bonds is 9. The normalized spacial score (nSPS) is 10.8. The summed E-state index contributed by atoms with van der Waals surface area (Å²) in [6.45, 7) is 5.50. The molecule has 0 saturated carbocycles. The summed E-state index contributed by atoms with van der Waals surface area (Å²) in [7, 11) is 0. The van der Waals surface area contributed by atoms with Crippen molar-refractivity contribution in [3.05, 3.63) is 31.5 Å². The number of hydrogen-bond donors (Lipinski definition) is 2. The molecule has 0 aliphatic rings. The highest BCUT2D eigenvalue weighted by Gasteiger charge is 2.01. The highest BCUT2D eigenvalue weighted by atomic mass is 79.9. The SMILES string of the molecule is CCCCOCCNCCn1cc(Br)c(=O)[nH]c1=O. The number of aromatic amines is 1. The lowest BCUT2D eigenvalue weighted by Gasteiger charge is -2.07. The standard InChI is InChI=1S/C12H20BrN3O3/c1-2-3-7-19-8-5-14-4-6-16-9-10(13)11(17)15-12(16)18/h9,14H,2-8H2,1H3,(H,15,17,18). The molecule has 6 nitrogen and oxygen atoms in total. The Morgan fingerprint density at radius 3 is 2.89 bits per heavy atom. The van der Waals surface area contributed by atoms with Crippen molar-refractivity contribution in [2.75, 3.05) is 26.3 Å². The predicted molar refractivity (Wildman–Crippen MR) is 77.6 cm³/mol. The molecule has 0 aliphatic heterocycles. The number of nitrogens with zero attached hydrogens (tertiary/aromatic N) is 1. The molecule has 0 fully saturated rings. The first kappa shape index (κ1) is 16.1. The van der Waals surface area contributed by atoms with E-state index in [9.17, 15) is 9.59 Å². The summed E-state index contributed by atoms with van der Waals surface area (Å²) >= 11 is 3.09. The highest BCUT2D eigenvalue weighted by molar-refractivity contribution is 9.10. The number of ether oxygens (including phenoxy) is 1. The Balaban J connectivity index is 2.21. The maximum Gasteiger partial charge on any atom is 0.328 e. The Morgan fingerprint density at radius 2 is 2.16 bits per heavy atom. The van der Waals surface area contributed by atoms with Crippen LogP contribution in [0.1, 0.15) is 19.8 Å². The van der Waals surface area contributed by atoms with Gasteiger partial charge < -0.3 is 10.1 Å². The van der Waals surface area contributed by atoms with E-state index in [2.05, 4.69) is 33.2 Å². The smallest absolute Gasteiger partial charge is 0.328 e. The van der Waals surface area contributed by atoms with Gasteiger partial charge in [0, 0.05) is 32.4 Å². The summed E-state index contributed by atoms with van der Waals surface area (Å²) < 4.78 is 7.21. The van der Waals surface area contributed by atoms with Gasteiger partial charge in [-0.15, -0.1) is 0 Å². The van der Waals surface area contributed by atoms with Gasteiger partial charge >= 0.3 is 5.69 Å². The van der Waals surface area contributed by atoms with Gasteiger partial charge in [-0.3, -0.25) is 14.3 Å². The molecule has 1 aromatic heterocycles. The topological polar surface area (TPSA) is 76.1 Å². The van der Waals surface area contributed by atoms with E-state index in [1.165, 1.54) is 10.8 Å². The van der Waals surface area contributed by atoms with Gasteiger partial charge in [-0.25, -0.2) is 4.79 Å². The first-order chi connectivity index (χ1) is 9.15. The molecular formula is C12H20BrN3O3. The van der Waals surface area contributed by atoms with E-state index in [0.717, 1.165) is 26.0 Å². The molecule has 0 saturated heterocycles. The third-order valence-electron chi connectivity index (χ3n) is 2.56. The van der Waals surface area contributed by atoms with Crippen LogP contribution < -0.4 is 16.6 Å². The molecule has 1 rings (SSSR count). The Bertz CT molecular complexity index is 484. The molecule has 108 valence electrons. The molecule has 0 radical (unpaired) electrons. The Morgan fingerprint density at radius 1 is 1.37 bits per heavy atom. The van der Waals surface area contributed by atoms with Crippen molar-refractivity contribution in [2.45, 2.75) is 26.3 Å². The maximum atomic E-state index is 11.5. The van der Waals surface area contributed by atoms with Crippen LogP contribution in [0.5, 0.6) is 0 Å². The van der Waals surface area contributed by atoms with Crippen molar-refractivity contribution >= 4 is 15.9 Å². The second kappa shape index (κ2) is 9.06. The molecule has 0 aliphatic carbocycles. The van der Waals surface area contributed by atoms with Crippen molar-refractivity contribution in [3.8, 4) is 0 Å². The van der Waals surface area contributed by atoms with Gasteiger partial charge in [0.05, 0.1) is 11.1 Å². The number of H-pyrrole nitrogens is 1. The van der Waals surface area contributed by atoms with Crippen LogP contribution in [0.3, 0.4) is 0 Å². The van der Waals surface area contributed by atoms with E-state index in [0.29, 0.717) is 24.2 Å². The second-order valence-corrected chi connectivity index (χ2v) is 5.00. The Labute approximate surface area is 120 Å². The highest BCUT2D eigenvalue weighted by Crippen LogP contribution is 1.97. The average molecular weight is 334 g/mol. The number of unbranched alkanes of at least 4 members (excludes halogenated alkanes) is 1. The lowest BCUT2D eigenvalue weighted by atomic mass is 10.4. The van der Waals surface area contributed by atoms with Crippen molar-refractivity contribution in [2.24, 2.45) is 0 Å². The van der Waals surface area contributed by atoms with Crippen molar-refractivity contribution < 1.29 is 4.74 Å². The summed E-state index contributed by atoms with van der Waals surface area (Å²) in [5.74, 6) is 0. The molecule has 1 aromatic rings. The van der Waals surface area contributed by atoms with Crippen LogP contribution in [0.4, 0.5) is 0 Å². The molecule has 7 heteroatoms. The summed E-state index contributed by atoms with van der Waals surface area (Å²) in [5.41, 5.74) is -0.798. The van der Waals surface area contributed by atoms with E-state index in [4.69, 9.17) is 4.74 Å². The molecule has 19 heavy (non-hydrogen) atoms. The zero-order valence-electron chi connectivity index (χ0n) is 11.1. The molecule has 1 heterocycles. The molecule has 0 atom stereocenters. The monoisotopic (exact) mass is 333 g/mol. The molecule has 0 aromatic carbocycles. The Hall–Kier alpha value is -0.920. The fourth-order valence-electron chi connectivity index (χ4n) is 1.47. The summed E-state index contributed by atoms with van der Waals surface area (Å²) in [6.07, 6.45) is 3.72. The second-order valence-electron chi connectivity index (χ2n) is 4.15.